The fraction of sp³-hybridized carbons (Fsp3) is 0.316. The number of methoxy groups -OCH3 is 2. The third-order valence-corrected chi connectivity index (χ3v) is 5.35. The van der Waals surface area contributed by atoms with Gasteiger partial charge in [0.2, 0.25) is 0 Å². The van der Waals surface area contributed by atoms with Gasteiger partial charge in [-0.2, -0.15) is 0 Å². The van der Waals surface area contributed by atoms with E-state index in [-0.39, 0.29) is 34.3 Å². The molecule has 0 aromatic heterocycles. The molecule has 2 rings (SSSR count). The topological polar surface area (TPSA) is 111 Å². The van der Waals surface area contributed by atoms with Crippen LogP contribution in [0.3, 0.4) is 0 Å². The van der Waals surface area contributed by atoms with Crippen LogP contribution in [0.15, 0.2) is 41.3 Å². The van der Waals surface area contributed by atoms with Crippen LogP contribution in [0.1, 0.15) is 22.8 Å². The Morgan fingerprint density at radius 3 is 2.29 bits per heavy atom. The lowest BCUT2D eigenvalue weighted by Gasteiger charge is -2.16. The van der Waals surface area contributed by atoms with E-state index in [0.717, 1.165) is 12.0 Å². The molecule has 0 radical (unpaired) electrons. The van der Waals surface area contributed by atoms with E-state index in [0.29, 0.717) is 6.61 Å². The van der Waals surface area contributed by atoms with Crippen LogP contribution in [0, 0.1) is 0 Å². The molecule has 0 amide bonds. The standard InChI is InChI=1S/C19H23NO7S/c1-4-13-5-7-14(8-6-13)28(23,24)20-16-12-18(27-10-9-25-2)17(26-3)11-15(16)19(21)22/h5-8,11-12,20H,4,9-10H2,1-3H3,(H,21,22). The number of carbonyl (C=O) groups is 1. The normalized spacial score (nSPS) is 11.1. The second-order valence-corrected chi connectivity index (χ2v) is 7.48. The first kappa shape index (κ1) is 21.5. The number of benzene rings is 2. The van der Waals surface area contributed by atoms with Crippen molar-refractivity contribution in [1.29, 1.82) is 0 Å². The summed E-state index contributed by atoms with van der Waals surface area (Å²) in [5.41, 5.74) is 0.605. The molecule has 0 aliphatic carbocycles. The zero-order chi connectivity index (χ0) is 20.7. The van der Waals surface area contributed by atoms with Crippen LogP contribution in [0.4, 0.5) is 5.69 Å². The lowest BCUT2D eigenvalue weighted by Crippen LogP contribution is -2.16. The van der Waals surface area contributed by atoms with Gasteiger partial charge in [0.1, 0.15) is 6.61 Å². The largest absolute Gasteiger partial charge is 0.493 e. The molecule has 2 N–H and O–H groups in total. The van der Waals surface area contributed by atoms with Crippen molar-refractivity contribution in [3.63, 3.8) is 0 Å². The van der Waals surface area contributed by atoms with Crippen molar-refractivity contribution in [1.82, 2.24) is 0 Å². The van der Waals surface area contributed by atoms with Crippen LogP contribution in [-0.4, -0.2) is 46.9 Å². The van der Waals surface area contributed by atoms with E-state index >= 15 is 0 Å². The minimum atomic E-state index is -3.99. The number of carboxylic acids is 1. The Hall–Kier alpha value is -2.78. The smallest absolute Gasteiger partial charge is 0.337 e. The third-order valence-electron chi connectivity index (χ3n) is 3.97. The molecule has 28 heavy (non-hydrogen) atoms. The van der Waals surface area contributed by atoms with Gasteiger partial charge in [0.05, 0.1) is 29.9 Å². The number of hydrogen-bond donors (Lipinski definition) is 2. The van der Waals surface area contributed by atoms with Crippen LogP contribution < -0.4 is 14.2 Å². The lowest BCUT2D eigenvalue weighted by atomic mass is 10.1. The molecule has 9 heteroatoms. The Labute approximate surface area is 164 Å². The van der Waals surface area contributed by atoms with Crippen LogP contribution in [0.2, 0.25) is 0 Å². The van der Waals surface area contributed by atoms with Crippen molar-refractivity contribution < 1.29 is 32.5 Å². The number of aryl methyl sites for hydroxylation is 1. The number of rotatable bonds is 10. The average Bonchev–Trinajstić information content (AvgIpc) is 2.68. The Morgan fingerprint density at radius 2 is 1.75 bits per heavy atom. The monoisotopic (exact) mass is 409 g/mol. The van der Waals surface area contributed by atoms with Crippen molar-refractivity contribution in [2.75, 3.05) is 32.2 Å². The second kappa shape index (κ2) is 9.43. The Kier molecular flexibility index (Phi) is 7.24. The molecular formula is C19H23NO7S. The highest BCUT2D eigenvalue weighted by Crippen LogP contribution is 2.34. The van der Waals surface area contributed by atoms with Crippen molar-refractivity contribution in [3.8, 4) is 11.5 Å². The predicted molar refractivity (Wildman–Crippen MR) is 104 cm³/mol. The molecule has 0 spiro atoms. The molecule has 0 aliphatic heterocycles. The highest BCUT2D eigenvalue weighted by atomic mass is 32.2. The van der Waals surface area contributed by atoms with Gasteiger partial charge >= 0.3 is 5.97 Å². The SMILES string of the molecule is CCc1ccc(S(=O)(=O)Nc2cc(OCCOC)c(OC)cc2C(=O)O)cc1. The molecule has 0 fully saturated rings. The van der Waals surface area contributed by atoms with Crippen LogP contribution >= 0.6 is 0 Å². The van der Waals surface area contributed by atoms with Crippen LogP contribution in [0.5, 0.6) is 11.5 Å². The van der Waals surface area contributed by atoms with Gasteiger partial charge in [0, 0.05) is 19.2 Å². The minimum absolute atomic E-state index is 0.0266. The predicted octanol–water partition coefficient (Wildman–Crippen LogP) is 2.78. The first-order valence-corrected chi connectivity index (χ1v) is 9.99. The summed E-state index contributed by atoms with van der Waals surface area (Å²) in [6.45, 7) is 2.45. The number of carboxylic acid groups (broad SMARTS) is 1. The van der Waals surface area contributed by atoms with Gasteiger partial charge in [-0.25, -0.2) is 13.2 Å². The molecule has 2 aromatic carbocycles. The van der Waals surface area contributed by atoms with Gasteiger partial charge in [0.15, 0.2) is 11.5 Å². The molecule has 0 aliphatic rings. The lowest BCUT2D eigenvalue weighted by molar-refractivity contribution is 0.0697. The summed E-state index contributed by atoms with van der Waals surface area (Å²) in [7, 11) is -1.11. The maximum absolute atomic E-state index is 12.7. The highest BCUT2D eigenvalue weighted by molar-refractivity contribution is 7.92. The summed E-state index contributed by atoms with van der Waals surface area (Å²) < 4.78 is 43.3. The van der Waals surface area contributed by atoms with Crippen LogP contribution in [0.25, 0.3) is 0 Å². The number of nitrogens with one attached hydrogen (secondary N) is 1. The van der Waals surface area contributed by atoms with E-state index in [4.69, 9.17) is 14.2 Å². The van der Waals surface area contributed by atoms with Crippen molar-refractivity contribution in [3.05, 3.63) is 47.5 Å². The van der Waals surface area contributed by atoms with Crippen molar-refractivity contribution >= 4 is 21.7 Å². The Bertz CT molecular complexity index is 924. The summed E-state index contributed by atoms with van der Waals surface area (Å²) in [5, 5.41) is 9.48. The molecule has 0 saturated heterocycles. The van der Waals surface area contributed by atoms with Crippen molar-refractivity contribution in [2.45, 2.75) is 18.2 Å². The molecule has 0 saturated carbocycles. The van der Waals surface area contributed by atoms with E-state index in [1.54, 1.807) is 12.1 Å². The fourth-order valence-electron chi connectivity index (χ4n) is 2.44. The maximum atomic E-state index is 12.7. The van der Waals surface area contributed by atoms with Crippen molar-refractivity contribution in [2.24, 2.45) is 0 Å². The molecule has 0 unspecified atom stereocenters. The molecule has 0 atom stereocenters. The molecular weight excluding hydrogens is 386 g/mol. The summed E-state index contributed by atoms with van der Waals surface area (Å²) >= 11 is 0. The zero-order valence-electron chi connectivity index (χ0n) is 15.9. The van der Waals surface area contributed by atoms with Crippen LogP contribution in [-0.2, 0) is 21.2 Å². The minimum Gasteiger partial charge on any atom is -0.493 e. The fourth-order valence-corrected chi connectivity index (χ4v) is 3.51. The van der Waals surface area contributed by atoms with Gasteiger partial charge in [-0.1, -0.05) is 19.1 Å². The molecule has 2 aromatic rings. The van der Waals surface area contributed by atoms with E-state index in [1.807, 2.05) is 6.92 Å². The maximum Gasteiger partial charge on any atom is 0.337 e. The first-order chi connectivity index (χ1) is 13.3. The van der Waals surface area contributed by atoms with Gasteiger partial charge in [0.25, 0.3) is 10.0 Å². The number of ether oxygens (including phenoxy) is 3. The molecule has 0 bridgehead atoms. The second-order valence-electron chi connectivity index (χ2n) is 5.80. The summed E-state index contributed by atoms with van der Waals surface area (Å²) in [4.78, 5) is 11.6. The van der Waals surface area contributed by atoms with E-state index < -0.39 is 16.0 Å². The van der Waals surface area contributed by atoms with E-state index in [2.05, 4.69) is 4.72 Å². The highest BCUT2D eigenvalue weighted by Gasteiger charge is 2.22. The van der Waals surface area contributed by atoms with Gasteiger partial charge in [-0.15, -0.1) is 0 Å². The number of anilines is 1. The quantitative estimate of drug-likeness (QED) is 0.581. The zero-order valence-corrected chi connectivity index (χ0v) is 16.7. The van der Waals surface area contributed by atoms with Gasteiger partial charge in [-0.3, -0.25) is 4.72 Å². The molecule has 8 nitrogen and oxygen atoms in total. The van der Waals surface area contributed by atoms with E-state index in [1.165, 1.54) is 38.5 Å². The summed E-state index contributed by atoms with van der Waals surface area (Å²) in [5.74, 6) is -0.937. The molecule has 0 heterocycles. The number of aromatic carboxylic acids is 1. The van der Waals surface area contributed by atoms with E-state index in [9.17, 15) is 18.3 Å². The summed E-state index contributed by atoms with van der Waals surface area (Å²) in [6.07, 6.45) is 0.775. The third kappa shape index (κ3) is 5.14. The van der Waals surface area contributed by atoms with Gasteiger partial charge < -0.3 is 19.3 Å². The Morgan fingerprint density at radius 1 is 1.07 bits per heavy atom. The van der Waals surface area contributed by atoms with Gasteiger partial charge in [-0.05, 0) is 24.1 Å². The Balaban J connectivity index is 2.43. The number of sulfonamides is 1. The summed E-state index contributed by atoms with van der Waals surface area (Å²) in [6, 6.07) is 8.86. The first-order valence-electron chi connectivity index (χ1n) is 8.51. The number of hydrogen-bond acceptors (Lipinski definition) is 6. The average molecular weight is 409 g/mol. The molecule has 152 valence electrons.